The molecule has 6 nitrogen and oxygen atoms in total. The number of carbonyl (C=O) groups excluding carboxylic acids is 2. The van der Waals surface area contributed by atoms with Crippen LogP contribution in [0.2, 0.25) is 10.0 Å². The van der Waals surface area contributed by atoms with Gasteiger partial charge in [0, 0.05) is 18.0 Å². The fourth-order valence-electron chi connectivity index (χ4n) is 3.03. The Morgan fingerprint density at radius 3 is 2.38 bits per heavy atom. The minimum Gasteiger partial charge on any atom is -0.496 e. The maximum atomic E-state index is 12.6. The summed E-state index contributed by atoms with van der Waals surface area (Å²) in [7, 11) is 2.82. The number of likely N-dealkylation sites (tertiary alicyclic amines) is 1. The Balaban J connectivity index is 2.38. The van der Waals surface area contributed by atoms with Gasteiger partial charge in [0.15, 0.2) is 0 Å². The monoisotopic (exact) mass is 403 g/mol. The molecule has 1 unspecified atom stereocenters. The van der Waals surface area contributed by atoms with Gasteiger partial charge in [0.05, 0.1) is 24.3 Å². The third-order valence-corrected chi connectivity index (χ3v) is 4.94. The van der Waals surface area contributed by atoms with Gasteiger partial charge in [0.1, 0.15) is 17.4 Å². The van der Waals surface area contributed by atoms with E-state index >= 15 is 0 Å². The smallest absolute Gasteiger partial charge is 0.411 e. The number of ether oxygens (including phenoxy) is 3. The standard InChI is InChI=1S/C18H23Cl2NO5/c1-18(2,3)26-17(23)21-9-10(8-12(21)16(22)25-5)14-13(24-4)7-6-11(19)15(14)20/h6-7,10,12H,8-9H2,1-5H3/t10?,12-/m0/s1. The van der Waals surface area contributed by atoms with Crippen LogP contribution in [0, 0.1) is 0 Å². The topological polar surface area (TPSA) is 65.1 Å². The maximum absolute atomic E-state index is 12.6. The lowest BCUT2D eigenvalue weighted by Crippen LogP contribution is -2.43. The number of benzene rings is 1. The summed E-state index contributed by atoms with van der Waals surface area (Å²) in [6, 6.07) is 2.59. The minimum absolute atomic E-state index is 0.241. The van der Waals surface area contributed by atoms with Gasteiger partial charge >= 0.3 is 12.1 Å². The molecule has 0 spiro atoms. The molecule has 26 heavy (non-hydrogen) atoms. The van der Waals surface area contributed by atoms with Crippen LogP contribution >= 0.6 is 23.2 Å². The summed E-state index contributed by atoms with van der Waals surface area (Å²) in [5.74, 6) is -0.192. The predicted molar refractivity (Wildman–Crippen MR) is 99.1 cm³/mol. The molecule has 2 atom stereocenters. The zero-order chi connectivity index (χ0) is 19.6. The Bertz CT molecular complexity index is 702. The summed E-state index contributed by atoms with van der Waals surface area (Å²) in [6.07, 6.45) is -0.241. The largest absolute Gasteiger partial charge is 0.496 e. The second kappa shape index (κ2) is 7.92. The molecule has 1 heterocycles. The zero-order valence-electron chi connectivity index (χ0n) is 15.5. The SMILES string of the molecule is COC(=O)[C@@H]1CC(c2c(OC)ccc(Cl)c2Cl)CN1C(=O)OC(C)(C)C. The molecule has 1 aliphatic heterocycles. The van der Waals surface area contributed by atoms with Crippen LogP contribution in [0.15, 0.2) is 12.1 Å². The summed E-state index contributed by atoms with van der Waals surface area (Å²) in [5, 5.41) is 0.735. The van der Waals surface area contributed by atoms with Crippen LogP contribution < -0.4 is 4.74 Å². The average Bonchev–Trinajstić information content (AvgIpc) is 2.99. The van der Waals surface area contributed by atoms with Gasteiger partial charge in [-0.3, -0.25) is 4.90 Å². The van der Waals surface area contributed by atoms with Crippen molar-refractivity contribution in [2.24, 2.45) is 0 Å². The number of methoxy groups -OCH3 is 2. The molecule has 1 amide bonds. The molecule has 144 valence electrons. The number of amides is 1. The molecular formula is C18H23Cl2NO5. The van der Waals surface area contributed by atoms with E-state index in [-0.39, 0.29) is 12.5 Å². The highest BCUT2D eigenvalue weighted by Gasteiger charge is 2.44. The summed E-state index contributed by atoms with van der Waals surface area (Å²) in [6.45, 7) is 5.54. The lowest BCUT2D eigenvalue weighted by molar-refractivity contribution is -0.145. The molecule has 0 aromatic heterocycles. The van der Waals surface area contributed by atoms with Crippen LogP contribution in [-0.4, -0.2) is 49.4 Å². The van der Waals surface area contributed by atoms with Gasteiger partial charge in [0.2, 0.25) is 0 Å². The van der Waals surface area contributed by atoms with Gasteiger partial charge in [-0.05, 0) is 39.3 Å². The molecular weight excluding hydrogens is 381 g/mol. The maximum Gasteiger partial charge on any atom is 0.411 e. The minimum atomic E-state index is -0.764. The van der Waals surface area contributed by atoms with E-state index in [2.05, 4.69) is 0 Å². The summed E-state index contributed by atoms with van der Waals surface area (Å²) < 4.78 is 15.7. The molecule has 1 aromatic rings. The van der Waals surface area contributed by atoms with Gasteiger partial charge < -0.3 is 14.2 Å². The van der Waals surface area contributed by atoms with Crippen LogP contribution in [-0.2, 0) is 14.3 Å². The van der Waals surface area contributed by atoms with E-state index in [0.29, 0.717) is 27.8 Å². The fraction of sp³-hybridized carbons (Fsp3) is 0.556. The van der Waals surface area contributed by atoms with Crippen LogP contribution in [0.4, 0.5) is 4.79 Å². The molecule has 0 N–H and O–H groups in total. The van der Waals surface area contributed by atoms with Gasteiger partial charge in [-0.2, -0.15) is 0 Å². The number of carbonyl (C=O) groups is 2. The van der Waals surface area contributed by atoms with Crippen molar-refractivity contribution in [1.82, 2.24) is 4.90 Å². The first-order valence-electron chi connectivity index (χ1n) is 8.18. The number of hydrogen-bond acceptors (Lipinski definition) is 5. The van der Waals surface area contributed by atoms with Crippen molar-refractivity contribution in [3.05, 3.63) is 27.7 Å². The zero-order valence-corrected chi connectivity index (χ0v) is 17.0. The van der Waals surface area contributed by atoms with E-state index in [4.69, 9.17) is 37.4 Å². The first-order chi connectivity index (χ1) is 12.1. The quantitative estimate of drug-likeness (QED) is 0.704. The number of nitrogens with zero attached hydrogens (tertiary/aromatic N) is 1. The highest BCUT2D eigenvalue weighted by atomic mass is 35.5. The lowest BCUT2D eigenvalue weighted by Gasteiger charge is -2.27. The number of hydrogen-bond donors (Lipinski definition) is 0. The van der Waals surface area contributed by atoms with Crippen molar-refractivity contribution in [3.63, 3.8) is 0 Å². The lowest BCUT2D eigenvalue weighted by atomic mass is 9.95. The Morgan fingerprint density at radius 1 is 1.19 bits per heavy atom. The Hall–Kier alpha value is -1.66. The highest BCUT2D eigenvalue weighted by Crippen LogP contribution is 2.43. The average molecular weight is 404 g/mol. The van der Waals surface area contributed by atoms with Gasteiger partial charge in [-0.1, -0.05) is 23.2 Å². The van der Waals surface area contributed by atoms with Crippen molar-refractivity contribution in [2.45, 2.75) is 44.8 Å². The van der Waals surface area contributed by atoms with Crippen LogP contribution in [0.3, 0.4) is 0 Å². The summed E-state index contributed by atoms with van der Waals surface area (Å²) >= 11 is 12.5. The van der Waals surface area contributed by atoms with E-state index in [9.17, 15) is 9.59 Å². The van der Waals surface area contributed by atoms with Gasteiger partial charge in [0.25, 0.3) is 0 Å². The van der Waals surface area contributed by atoms with E-state index < -0.39 is 23.7 Å². The second-order valence-electron chi connectivity index (χ2n) is 7.08. The molecule has 0 aliphatic carbocycles. The van der Waals surface area contributed by atoms with E-state index in [0.717, 1.165) is 0 Å². The van der Waals surface area contributed by atoms with Crippen LogP contribution in [0.1, 0.15) is 38.7 Å². The first kappa shape index (κ1) is 20.6. The van der Waals surface area contributed by atoms with Gasteiger partial charge in [-0.25, -0.2) is 9.59 Å². The molecule has 8 heteroatoms. The van der Waals surface area contributed by atoms with Crippen molar-refractivity contribution < 1.29 is 23.8 Å². The van der Waals surface area contributed by atoms with Crippen molar-refractivity contribution in [2.75, 3.05) is 20.8 Å². The van der Waals surface area contributed by atoms with E-state index in [1.165, 1.54) is 19.1 Å². The van der Waals surface area contributed by atoms with E-state index in [1.807, 2.05) is 0 Å². The molecule has 0 bridgehead atoms. The number of esters is 1. The predicted octanol–water partition coefficient (Wildman–Crippen LogP) is 4.27. The Morgan fingerprint density at radius 2 is 1.85 bits per heavy atom. The van der Waals surface area contributed by atoms with Crippen molar-refractivity contribution in [3.8, 4) is 5.75 Å². The van der Waals surface area contributed by atoms with E-state index in [1.54, 1.807) is 32.9 Å². The molecule has 0 radical (unpaired) electrons. The Kier molecular flexibility index (Phi) is 6.29. The number of halogens is 2. The fourth-order valence-corrected chi connectivity index (χ4v) is 3.51. The van der Waals surface area contributed by atoms with Crippen LogP contribution in [0.25, 0.3) is 0 Å². The number of rotatable bonds is 3. The molecule has 2 rings (SSSR count). The second-order valence-corrected chi connectivity index (χ2v) is 7.87. The molecule has 1 saturated heterocycles. The molecule has 0 saturated carbocycles. The van der Waals surface area contributed by atoms with Crippen LogP contribution in [0.5, 0.6) is 5.75 Å². The molecule has 1 fully saturated rings. The van der Waals surface area contributed by atoms with Gasteiger partial charge in [-0.15, -0.1) is 0 Å². The molecule has 1 aliphatic rings. The third kappa shape index (κ3) is 4.35. The van der Waals surface area contributed by atoms with Crippen molar-refractivity contribution in [1.29, 1.82) is 0 Å². The normalized spacial score (nSPS) is 20.0. The first-order valence-corrected chi connectivity index (χ1v) is 8.94. The third-order valence-electron chi connectivity index (χ3n) is 4.12. The van der Waals surface area contributed by atoms with Crippen molar-refractivity contribution >= 4 is 35.3 Å². The highest BCUT2D eigenvalue weighted by molar-refractivity contribution is 6.42. The Labute approximate surface area is 163 Å². The summed E-state index contributed by atoms with van der Waals surface area (Å²) in [5.41, 5.74) is -0.0112. The molecule has 1 aromatic carbocycles. The summed E-state index contributed by atoms with van der Waals surface area (Å²) in [4.78, 5) is 26.2.